The molecule has 2 aromatic rings. The minimum Gasteiger partial charge on any atom is -0.496 e. The number of carboxylic acids is 2. The highest BCUT2D eigenvalue weighted by Crippen LogP contribution is 2.29. The van der Waals surface area contributed by atoms with E-state index >= 15 is 0 Å². The van der Waals surface area contributed by atoms with Gasteiger partial charge in [0.2, 0.25) is 0 Å². The second-order valence-corrected chi connectivity index (χ2v) is 5.48. The average Bonchev–Trinajstić information content (AvgIpc) is 2.62. The Morgan fingerprint density at radius 2 is 1.31 bits per heavy atom. The number of hydrogen-bond acceptors (Lipinski definition) is 7. The molecule has 2 rings (SSSR count). The number of halogens is 1. The predicted molar refractivity (Wildman–Crippen MR) is 96.1 cm³/mol. The van der Waals surface area contributed by atoms with Gasteiger partial charge >= 0.3 is 11.9 Å². The first-order valence-electron chi connectivity index (χ1n) is 7.66. The van der Waals surface area contributed by atoms with E-state index in [2.05, 4.69) is 0 Å². The minimum absolute atomic E-state index is 0.230. The van der Waals surface area contributed by atoms with Gasteiger partial charge in [0.1, 0.15) is 22.7 Å². The second-order valence-electron chi connectivity index (χ2n) is 5.48. The van der Waals surface area contributed by atoms with Gasteiger partial charge in [0.25, 0.3) is 11.4 Å². The largest absolute Gasteiger partial charge is 0.496 e. The Balaban J connectivity index is 0.000000291. The number of carbonyl (C=O) groups is 2. The summed E-state index contributed by atoms with van der Waals surface area (Å²) >= 11 is 0. The molecule has 0 saturated carbocycles. The summed E-state index contributed by atoms with van der Waals surface area (Å²) in [6.07, 6.45) is 0. The Hall–Kier alpha value is -4.09. The fourth-order valence-corrected chi connectivity index (χ4v) is 2.42. The van der Waals surface area contributed by atoms with Crippen LogP contribution in [0.4, 0.5) is 15.8 Å². The molecule has 0 atom stereocenters. The van der Waals surface area contributed by atoms with Crippen LogP contribution in [0.25, 0.3) is 0 Å². The minimum atomic E-state index is -1.51. The van der Waals surface area contributed by atoms with Crippen LogP contribution in [0.2, 0.25) is 0 Å². The SMILES string of the molecule is COc1ccc([N+](=O)[O-])c(C(=O)O)c1C.Cc1c(F)ccc([N+](=O)[O-])c1C(=O)O. The van der Waals surface area contributed by atoms with Crippen LogP contribution in [0.3, 0.4) is 0 Å². The molecule has 0 aliphatic carbocycles. The molecular formula is C17H15FN2O9. The van der Waals surface area contributed by atoms with Crippen molar-refractivity contribution in [3.8, 4) is 5.75 Å². The lowest BCUT2D eigenvalue weighted by Crippen LogP contribution is -2.06. The Morgan fingerprint density at radius 3 is 1.69 bits per heavy atom. The van der Waals surface area contributed by atoms with E-state index in [0.717, 1.165) is 18.2 Å². The maximum absolute atomic E-state index is 12.9. The molecule has 0 bridgehead atoms. The zero-order valence-electron chi connectivity index (χ0n) is 15.3. The number of nitro groups is 2. The highest BCUT2D eigenvalue weighted by molar-refractivity contribution is 5.95. The smallest absolute Gasteiger partial charge is 0.343 e. The maximum atomic E-state index is 12.9. The number of methoxy groups -OCH3 is 1. The van der Waals surface area contributed by atoms with Gasteiger partial charge in [-0.3, -0.25) is 20.2 Å². The van der Waals surface area contributed by atoms with E-state index in [0.29, 0.717) is 5.75 Å². The summed E-state index contributed by atoms with van der Waals surface area (Å²) in [5.74, 6) is -3.29. The van der Waals surface area contributed by atoms with E-state index < -0.39 is 44.5 Å². The van der Waals surface area contributed by atoms with Crippen molar-refractivity contribution in [2.24, 2.45) is 0 Å². The first-order valence-corrected chi connectivity index (χ1v) is 7.66. The third-order valence-corrected chi connectivity index (χ3v) is 3.81. The van der Waals surface area contributed by atoms with E-state index in [-0.39, 0.29) is 16.7 Å². The molecule has 0 aliphatic rings. The molecule has 11 nitrogen and oxygen atoms in total. The number of hydrogen-bond donors (Lipinski definition) is 2. The fourth-order valence-electron chi connectivity index (χ4n) is 2.42. The fraction of sp³-hybridized carbons (Fsp3) is 0.176. The van der Waals surface area contributed by atoms with Crippen molar-refractivity contribution in [1.82, 2.24) is 0 Å². The molecule has 154 valence electrons. The van der Waals surface area contributed by atoms with Crippen LogP contribution in [0.1, 0.15) is 31.8 Å². The molecule has 0 amide bonds. The lowest BCUT2D eigenvalue weighted by atomic mass is 10.1. The van der Waals surface area contributed by atoms with Crippen molar-refractivity contribution in [3.63, 3.8) is 0 Å². The first kappa shape index (κ1) is 23.0. The van der Waals surface area contributed by atoms with Crippen LogP contribution in [-0.2, 0) is 0 Å². The summed E-state index contributed by atoms with van der Waals surface area (Å²) in [6.45, 7) is 2.65. The zero-order valence-corrected chi connectivity index (χ0v) is 15.3. The molecule has 0 aromatic heterocycles. The molecule has 0 radical (unpaired) electrons. The van der Waals surface area contributed by atoms with Gasteiger partial charge in [0, 0.05) is 23.3 Å². The standard InChI is InChI=1S/C9H9NO5.C8H6FNO4/c1-5-7(15-2)4-3-6(10(13)14)8(5)9(11)12;1-4-5(9)2-3-6(10(13)14)7(4)8(11)12/h3-4H,1-2H3,(H,11,12);2-3H,1H3,(H,11,12). The number of ether oxygens (including phenoxy) is 1. The number of carboxylic acid groups (broad SMARTS) is 2. The highest BCUT2D eigenvalue weighted by Gasteiger charge is 2.25. The third-order valence-electron chi connectivity index (χ3n) is 3.81. The van der Waals surface area contributed by atoms with Gasteiger partial charge in [0.05, 0.1) is 17.0 Å². The Morgan fingerprint density at radius 1 is 0.897 bits per heavy atom. The van der Waals surface area contributed by atoms with Gasteiger partial charge in [-0.25, -0.2) is 14.0 Å². The predicted octanol–water partition coefficient (Wildman–Crippen LogP) is 3.35. The van der Waals surface area contributed by atoms with E-state index in [9.17, 15) is 34.2 Å². The topological polar surface area (TPSA) is 170 Å². The summed E-state index contributed by atoms with van der Waals surface area (Å²) in [5.41, 5.74) is -1.95. The van der Waals surface area contributed by atoms with E-state index in [1.807, 2.05) is 0 Å². The van der Waals surface area contributed by atoms with Gasteiger partial charge in [-0.15, -0.1) is 0 Å². The summed E-state index contributed by atoms with van der Waals surface area (Å²) in [5, 5.41) is 38.5. The number of nitro benzene ring substituents is 2. The molecule has 29 heavy (non-hydrogen) atoms. The lowest BCUT2D eigenvalue weighted by Gasteiger charge is -2.07. The first-order chi connectivity index (χ1) is 13.4. The molecule has 0 heterocycles. The summed E-state index contributed by atoms with van der Waals surface area (Å²) in [4.78, 5) is 40.9. The quantitative estimate of drug-likeness (QED) is 0.554. The van der Waals surface area contributed by atoms with E-state index in [4.69, 9.17) is 14.9 Å². The average molecular weight is 410 g/mol. The maximum Gasteiger partial charge on any atom is 0.343 e. The van der Waals surface area contributed by atoms with Crippen LogP contribution < -0.4 is 4.74 Å². The molecule has 12 heteroatoms. The number of aromatic carboxylic acids is 2. The molecule has 0 saturated heterocycles. The summed E-state index contributed by atoms with van der Waals surface area (Å²) in [7, 11) is 1.37. The molecular weight excluding hydrogens is 395 g/mol. The number of nitrogens with zero attached hydrogens (tertiary/aromatic N) is 2. The van der Waals surface area contributed by atoms with Crippen molar-refractivity contribution in [2.75, 3.05) is 7.11 Å². The van der Waals surface area contributed by atoms with Crippen LogP contribution >= 0.6 is 0 Å². The van der Waals surface area contributed by atoms with Crippen molar-refractivity contribution in [2.45, 2.75) is 13.8 Å². The second kappa shape index (κ2) is 9.21. The number of rotatable bonds is 5. The van der Waals surface area contributed by atoms with Crippen LogP contribution in [0.15, 0.2) is 24.3 Å². The monoisotopic (exact) mass is 410 g/mol. The van der Waals surface area contributed by atoms with Gasteiger partial charge in [-0.1, -0.05) is 0 Å². The Bertz CT molecular complexity index is 1000. The summed E-state index contributed by atoms with van der Waals surface area (Å²) in [6, 6.07) is 4.21. The Labute approximate surface area is 162 Å². The van der Waals surface area contributed by atoms with Gasteiger partial charge in [-0.2, -0.15) is 0 Å². The number of benzene rings is 2. The van der Waals surface area contributed by atoms with Crippen molar-refractivity contribution in [3.05, 3.63) is 72.6 Å². The van der Waals surface area contributed by atoms with Gasteiger partial charge < -0.3 is 14.9 Å². The summed E-state index contributed by atoms with van der Waals surface area (Å²) < 4.78 is 17.8. The lowest BCUT2D eigenvalue weighted by molar-refractivity contribution is -0.385. The van der Waals surface area contributed by atoms with Crippen molar-refractivity contribution in [1.29, 1.82) is 0 Å². The van der Waals surface area contributed by atoms with Gasteiger partial charge in [-0.05, 0) is 26.0 Å². The Kier molecular flexibility index (Phi) is 7.29. The molecule has 0 unspecified atom stereocenters. The van der Waals surface area contributed by atoms with E-state index in [1.54, 1.807) is 0 Å². The zero-order chi connectivity index (χ0) is 22.5. The van der Waals surface area contributed by atoms with Crippen molar-refractivity contribution >= 4 is 23.3 Å². The molecule has 0 spiro atoms. The van der Waals surface area contributed by atoms with Crippen molar-refractivity contribution < 1.29 is 38.8 Å². The molecule has 0 aliphatic heterocycles. The molecule has 0 fully saturated rings. The van der Waals surface area contributed by atoms with Crippen LogP contribution in [-0.4, -0.2) is 39.1 Å². The molecule has 2 aromatic carbocycles. The van der Waals surface area contributed by atoms with Gasteiger partial charge in [0.15, 0.2) is 0 Å². The molecule has 2 N–H and O–H groups in total. The highest BCUT2D eigenvalue weighted by atomic mass is 19.1. The van der Waals surface area contributed by atoms with Crippen LogP contribution in [0, 0.1) is 39.9 Å². The van der Waals surface area contributed by atoms with Crippen LogP contribution in [0.5, 0.6) is 5.75 Å². The normalized spacial score (nSPS) is 9.79. The third kappa shape index (κ3) is 5.00. The van der Waals surface area contributed by atoms with E-state index in [1.165, 1.54) is 27.0 Å².